The van der Waals surface area contributed by atoms with E-state index in [0.717, 1.165) is 12.2 Å². The van der Waals surface area contributed by atoms with Crippen LogP contribution >= 0.6 is 0 Å². The second-order valence-corrected chi connectivity index (χ2v) is 6.00. The Labute approximate surface area is 133 Å². The summed E-state index contributed by atoms with van der Waals surface area (Å²) in [5.41, 5.74) is 5.54. The van der Waals surface area contributed by atoms with Gasteiger partial charge in [0.05, 0.1) is 12.6 Å². The Bertz CT molecular complexity index is 618. The predicted molar refractivity (Wildman–Crippen MR) is 92.7 cm³/mol. The van der Waals surface area contributed by atoms with Crippen LogP contribution in [0.25, 0.3) is 0 Å². The zero-order chi connectivity index (χ0) is 15.4. The topological polar surface area (TPSA) is 21.3 Å². The quantitative estimate of drug-likeness (QED) is 0.797. The lowest BCUT2D eigenvalue weighted by Gasteiger charge is -2.12. The van der Waals surface area contributed by atoms with Crippen molar-refractivity contribution in [2.75, 3.05) is 11.9 Å². The number of ether oxygens (including phenoxy) is 1. The van der Waals surface area contributed by atoms with Gasteiger partial charge in [-0.25, -0.2) is 0 Å². The van der Waals surface area contributed by atoms with Crippen LogP contribution in [0.2, 0.25) is 0 Å². The molecule has 1 N–H and O–H groups in total. The minimum atomic E-state index is 0.382. The summed E-state index contributed by atoms with van der Waals surface area (Å²) in [5, 5.41) is 3.64. The van der Waals surface area contributed by atoms with Gasteiger partial charge < -0.3 is 10.1 Å². The summed E-state index contributed by atoms with van der Waals surface area (Å²) < 4.78 is 5.52. The molecule has 0 spiro atoms. The van der Waals surface area contributed by atoms with Crippen LogP contribution in [-0.2, 0) is 12.8 Å². The molecule has 0 aliphatic carbocycles. The van der Waals surface area contributed by atoms with Gasteiger partial charge in [-0.2, -0.15) is 0 Å². The lowest BCUT2D eigenvalue weighted by atomic mass is 10.00. The maximum atomic E-state index is 5.52. The Morgan fingerprint density at radius 1 is 1.09 bits per heavy atom. The predicted octanol–water partition coefficient (Wildman–Crippen LogP) is 5.14. The van der Waals surface area contributed by atoms with Crippen LogP contribution in [-0.4, -0.2) is 6.61 Å². The molecular weight excluding hydrogens is 270 g/mol. The molecule has 2 nitrogen and oxygen atoms in total. The van der Waals surface area contributed by atoms with Crippen LogP contribution < -0.4 is 10.1 Å². The Morgan fingerprint density at radius 2 is 1.91 bits per heavy atom. The minimum absolute atomic E-state index is 0.382. The van der Waals surface area contributed by atoms with Crippen LogP contribution in [0.5, 0.6) is 5.75 Å². The minimum Gasteiger partial charge on any atom is -0.494 e. The van der Waals surface area contributed by atoms with Crippen LogP contribution in [0.1, 0.15) is 49.4 Å². The molecule has 2 aromatic rings. The van der Waals surface area contributed by atoms with E-state index in [0.29, 0.717) is 12.6 Å². The summed E-state index contributed by atoms with van der Waals surface area (Å²) in [6, 6.07) is 15.8. The van der Waals surface area contributed by atoms with Gasteiger partial charge in [0.15, 0.2) is 0 Å². The maximum Gasteiger partial charge on any atom is 0.119 e. The Hall–Kier alpha value is -1.96. The van der Waals surface area contributed by atoms with Crippen LogP contribution in [0, 0.1) is 0 Å². The van der Waals surface area contributed by atoms with E-state index in [4.69, 9.17) is 4.74 Å². The zero-order valence-electron chi connectivity index (χ0n) is 13.6. The van der Waals surface area contributed by atoms with Crippen LogP contribution in [0.4, 0.5) is 5.69 Å². The second-order valence-electron chi connectivity index (χ2n) is 6.00. The fourth-order valence-electron chi connectivity index (χ4n) is 3.12. The van der Waals surface area contributed by atoms with E-state index < -0.39 is 0 Å². The number of fused-ring (bicyclic) bond motifs is 1. The van der Waals surface area contributed by atoms with Gasteiger partial charge in [0.1, 0.15) is 5.75 Å². The van der Waals surface area contributed by atoms with Gasteiger partial charge in [0.2, 0.25) is 0 Å². The molecule has 1 heterocycles. The molecule has 3 rings (SSSR count). The number of hydrogen-bond donors (Lipinski definition) is 1. The van der Waals surface area contributed by atoms with E-state index in [1.807, 2.05) is 6.92 Å². The number of anilines is 1. The fraction of sp³-hybridized carbons (Fsp3) is 0.400. The average Bonchev–Trinajstić information content (AvgIpc) is 2.97. The van der Waals surface area contributed by atoms with E-state index in [1.165, 1.54) is 41.6 Å². The highest BCUT2D eigenvalue weighted by Gasteiger charge is 2.22. The molecule has 1 aliphatic heterocycles. The molecule has 2 aromatic carbocycles. The van der Waals surface area contributed by atoms with Crippen molar-refractivity contribution in [2.24, 2.45) is 0 Å². The molecule has 0 saturated heterocycles. The van der Waals surface area contributed by atoms with Gasteiger partial charge in [-0.1, -0.05) is 37.6 Å². The molecule has 0 bridgehead atoms. The molecule has 22 heavy (non-hydrogen) atoms. The van der Waals surface area contributed by atoms with Gasteiger partial charge in [-0.05, 0) is 61.1 Å². The number of nitrogens with one attached hydrogen (secondary N) is 1. The second kappa shape index (κ2) is 6.87. The smallest absolute Gasteiger partial charge is 0.119 e. The van der Waals surface area contributed by atoms with Gasteiger partial charge in [0.25, 0.3) is 0 Å². The summed E-state index contributed by atoms with van der Waals surface area (Å²) in [5.74, 6) is 0.948. The number of benzene rings is 2. The first-order chi connectivity index (χ1) is 10.8. The van der Waals surface area contributed by atoms with E-state index in [1.54, 1.807) is 0 Å². The number of hydrogen-bond acceptors (Lipinski definition) is 2. The highest BCUT2D eigenvalue weighted by atomic mass is 16.5. The standard InChI is InChI=1S/C20H25NO/c1-3-5-6-15-7-12-19-17(13-15)14-20(21-19)16-8-10-18(11-9-16)22-4-2/h7-13,20-21H,3-6,14H2,1-2H3. The summed E-state index contributed by atoms with van der Waals surface area (Å²) in [6.45, 7) is 4.98. The van der Waals surface area contributed by atoms with Crippen molar-refractivity contribution in [3.8, 4) is 5.75 Å². The number of unbranched alkanes of at least 4 members (excludes halogenated alkanes) is 1. The fourth-order valence-corrected chi connectivity index (χ4v) is 3.12. The average molecular weight is 295 g/mol. The largest absolute Gasteiger partial charge is 0.494 e. The van der Waals surface area contributed by atoms with Crippen molar-refractivity contribution in [1.82, 2.24) is 0 Å². The Morgan fingerprint density at radius 3 is 2.64 bits per heavy atom. The lowest BCUT2D eigenvalue weighted by molar-refractivity contribution is 0.340. The van der Waals surface area contributed by atoms with Crippen molar-refractivity contribution in [3.63, 3.8) is 0 Å². The van der Waals surface area contributed by atoms with Crippen molar-refractivity contribution >= 4 is 5.69 Å². The molecule has 2 heteroatoms. The highest BCUT2D eigenvalue weighted by molar-refractivity contribution is 5.59. The van der Waals surface area contributed by atoms with Crippen molar-refractivity contribution < 1.29 is 4.74 Å². The molecule has 116 valence electrons. The van der Waals surface area contributed by atoms with E-state index in [9.17, 15) is 0 Å². The summed E-state index contributed by atoms with van der Waals surface area (Å²) >= 11 is 0. The number of rotatable bonds is 6. The molecule has 1 aliphatic rings. The van der Waals surface area contributed by atoms with E-state index in [-0.39, 0.29) is 0 Å². The summed E-state index contributed by atoms with van der Waals surface area (Å²) in [6.07, 6.45) is 4.79. The first-order valence-electron chi connectivity index (χ1n) is 8.41. The highest BCUT2D eigenvalue weighted by Crippen LogP contribution is 2.35. The zero-order valence-corrected chi connectivity index (χ0v) is 13.6. The molecule has 0 aromatic heterocycles. The number of aryl methyl sites for hydroxylation is 1. The van der Waals surface area contributed by atoms with Gasteiger partial charge in [0, 0.05) is 5.69 Å². The summed E-state index contributed by atoms with van der Waals surface area (Å²) in [7, 11) is 0. The molecular formula is C20H25NO. The van der Waals surface area contributed by atoms with Crippen LogP contribution in [0.3, 0.4) is 0 Å². The SMILES string of the molecule is CCCCc1ccc2c(c1)CC(c1ccc(OCC)cc1)N2. The molecule has 0 saturated carbocycles. The molecule has 1 unspecified atom stereocenters. The van der Waals surface area contributed by atoms with Crippen molar-refractivity contribution in [3.05, 3.63) is 59.2 Å². The third-order valence-electron chi connectivity index (χ3n) is 4.34. The Balaban J connectivity index is 1.70. The van der Waals surface area contributed by atoms with Crippen molar-refractivity contribution in [2.45, 2.75) is 45.6 Å². The van der Waals surface area contributed by atoms with Crippen molar-refractivity contribution in [1.29, 1.82) is 0 Å². The van der Waals surface area contributed by atoms with Gasteiger partial charge in [-0.15, -0.1) is 0 Å². The van der Waals surface area contributed by atoms with Crippen LogP contribution in [0.15, 0.2) is 42.5 Å². The molecule has 0 radical (unpaired) electrons. The third-order valence-corrected chi connectivity index (χ3v) is 4.34. The first kappa shape index (κ1) is 15.0. The molecule has 0 fully saturated rings. The molecule has 1 atom stereocenters. The summed E-state index contributed by atoms with van der Waals surface area (Å²) in [4.78, 5) is 0. The van der Waals surface area contributed by atoms with E-state index >= 15 is 0 Å². The molecule has 0 amide bonds. The normalized spacial score (nSPS) is 16.2. The van der Waals surface area contributed by atoms with Gasteiger partial charge >= 0.3 is 0 Å². The Kier molecular flexibility index (Phi) is 4.67. The van der Waals surface area contributed by atoms with E-state index in [2.05, 4.69) is 54.7 Å². The van der Waals surface area contributed by atoms with Gasteiger partial charge in [-0.3, -0.25) is 0 Å². The maximum absolute atomic E-state index is 5.52. The first-order valence-corrected chi connectivity index (χ1v) is 8.41. The third kappa shape index (κ3) is 3.27. The monoisotopic (exact) mass is 295 g/mol. The lowest BCUT2D eigenvalue weighted by Crippen LogP contribution is -2.05.